The summed E-state index contributed by atoms with van der Waals surface area (Å²) >= 11 is 0. The minimum absolute atomic E-state index is 0.0334. The molecule has 0 bridgehead atoms. The van der Waals surface area contributed by atoms with Gasteiger partial charge in [-0.3, -0.25) is 18.6 Å². The molecule has 10 heteroatoms. The van der Waals surface area contributed by atoms with Gasteiger partial charge in [0.05, 0.1) is 33.8 Å². The first kappa shape index (κ1) is 68.7. The van der Waals surface area contributed by atoms with Crippen molar-refractivity contribution in [2.75, 3.05) is 40.9 Å². The molecule has 0 aliphatic heterocycles. The van der Waals surface area contributed by atoms with Crippen LogP contribution < -0.4 is 5.32 Å². The second-order valence-electron chi connectivity index (χ2n) is 21.2. The SMILES string of the molecule is CCCCC/C=C\C/C=C\C/C=C\C/C=C\CCCCCC(=O)NC(COP(=O)(O)OCC[N+](C)(C)C)C(/C=C/CCCCCCCCCCC)OC(=O)CCCCCCCCCCCCCCCCC. The van der Waals surface area contributed by atoms with Crippen molar-refractivity contribution in [1.82, 2.24) is 5.32 Å². The third-order valence-corrected chi connectivity index (χ3v) is 13.9. The molecule has 0 aromatic heterocycles. The minimum atomic E-state index is -4.45. The molecule has 9 nitrogen and oxygen atoms in total. The summed E-state index contributed by atoms with van der Waals surface area (Å²) in [6.45, 7) is 6.96. The number of hydrogen-bond donors (Lipinski definition) is 2. The van der Waals surface area contributed by atoms with Crippen LogP contribution in [0, 0.1) is 0 Å². The molecule has 0 spiro atoms. The summed E-state index contributed by atoms with van der Waals surface area (Å²) < 4.78 is 30.6. The van der Waals surface area contributed by atoms with Crippen LogP contribution in [0.3, 0.4) is 0 Å². The van der Waals surface area contributed by atoms with Crippen molar-refractivity contribution in [3.63, 3.8) is 0 Å². The molecular weight excluding hydrogens is 904 g/mol. The van der Waals surface area contributed by atoms with E-state index in [2.05, 4.69) is 74.7 Å². The number of carbonyl (C=O) groups is 2. The van der Waals surface area contributed by atoms with Crippen LogP contribution in [0.4, 0.5) is 0 Å². The van der Waals surface area contributed by atoms with Gasteiger partial charge in [-0.05, 0) is 76.7 Å². The summed E-state index contributed by atoms with van der Waals surface area (Å²) in [7, 11) is 1.47. The lowest BCUT2D eigenvalue weighted by molar-refractivity contribution is -0.870. The maximum Gasteiger partial charge on any atom is 0.472 e. The third-order valence-electron chi connectivity index (χ3n) is 13.0. The molecule has 0 aromatic carbocycles. The van der Waals surface area contributed by atoms with Gasteiger partial charge >= 0.3 is 13.8 Å². The fourth-order valence-electron chi connectivity index (χ4n) is 8.33. The van der Waals surface area contributed by atoms with Gasteiger partial charge in [-0.2, -0.15) is 0 Å². The number of allylic oxidation sites excluding steroid dienone is 9. The Labute approximate surface area is 439 Å². The van der Waals surface area contributed by atoms with Crippen LogP contribution in [0.25, 0.3) is 0 Å². The van der Waals surface area contributed by atoms with E-state index >= 15 is 0 Å². The van der Waals surface area contributed by atoms with Crippen LogP contribution in [-0.4, -0.2) is 74.3 Å². The highest BCUT2D eigenvalue weighted by Crippen LogP contribution is 2.43. The molecule has 2 N–H and O–H groups in total. The zero-order chi connectivity index (χ0) is 52.2. The number of phosphoric acid groups is 1. The van der Waals surface area contributed by atoms with Gasteiger partial charge in [0.15, 0.2) is 0 Å². The number of esters is 1. The lowest BCUT2D eigenvalue weighted by Gasteiger charge is -2.27. The monoisotopic (exact) mass is 1020 g/mol. The molecule has 71 heavy (non-hydrogen) atoms. The van der Waals surface area contributed by atoms with Gasteiger partial charge in [0, 0.05) is 12.8 Å². The molecule has 3 unspecified atom stereocenters. The molecule has 0 fully saturated rings. The Hall–Kier alpha value is -2.29. The van der Waals surface area contributed by atoms with Crippen molar-refractivity contribution in [3.05, 3.63) is 60.8 Å². The number of amides is 1. The summed E-state index contributed by atoms with van der Waals surface area (Å²) in [6.07, 6.45) is 63.6. The zero-order valence-corrected chi connectivity index (χ0v) is 48.1. The number of rotatable bonds is 53. The van der Waals surface area contributed by atoms with Crippen LogP contribution in [0.2, 0.25) is 0 Å². The lowest BCUT2D eigenvalue weighted by Crippen LogP contribution is -2.47. The van der Waals surface area contributed by atoms with Gasteiger partial charge in [0.2, 0.25) is 5.91 Å². The molecule has 0 radical (unpaired) electrons. The van der Waals surface area contributed by atoms with Crippen LogP contribution in [0.1, 0.15) is 265 Å². The Bertz CT molecular complexity index is 1400. The number of hydrogen-bond acceptors (Lipinski definition) is 6. The molecule has 0 heterocycles. The Morgan fingerprint density at radius 3 is 1.32 bits per heavy atom. The number of nitrogens with one attached hydrogen (secondary N) is 1. The van der Waals surface area contributed by atoms with E-state index in [1.807, 2.05) is 33.3 Å². The normalized spacial score (nSPS) is 14.2. The van der Waals surface area contributed by atoms with Crippen molar-refractivity contribution in [2.24, 2.45) is 0 Å². The van der Waals surface area contributed by atoms with Crippen molar-refractivity contribution in [2.45, 2.75) is 277 Å². The molecule has 414 valence electrons. The number of ether oxygens (including phenoxy) is 1. The highest BCUT2D eigenvalue weighted by molar-refractivity contribution is 7.47. The first-order valence-corrected chi connectivity index (χ1v) is 31.1. The molecule has 1 amide bonds. The molecular formula is C61H114N2O7P+. The van der Waals surface area contributed by atoms with Gasteiger partial charge in [-0.1, -0.05) is 236 Å². The second kappa shape index (κ2) is 51.2. The molecule has 0 rings (SSSR count). The van der Waals surface area contributed by atoms with Crippen LogP contribution in [-0.2, 0) is 27.9 Å². The van der Waals surface area contributed by atoms with Crippen LogP contribution in [0.15, 0.2) is 60.8 Å². The predicted octanol–water partition coefficient (Wildman–Crippen LogP) is 17.9. The Balaban J connectivity index is 5.33. The minimum Gasteiger partial charge on any atom is -0.456 e. The quantitative estimate of drug-likeness (QED) is 0.0205. The van der Waals surface area contributed by atoms with E-state index in [4.69, 9.17) is 13.8 Å². The van der Waals surface area contributed by atoms with E-state index in [1.54, 1.807) is 0 Å². The van der Waals surface area contributed by atoms with Crippen molar-refractivity contribution < 1.29 is 37.3 Å². The smallest absolute Gasteiger partial charge is 0.456 e. The first-order valence-electron chi connectivity index (χ1n) is 29.6. The second-order valence-corrected chi connectivity index (χ2v) is 22.6. The van der Waals surface area contributed by atoms with Crippen molar-refractivity contribution >= 4 is 19.7 Å². The average Bonchev–Trinajstić information content (AvgIpc) is 3.33. The summed E-state index contributed by atoms with van der Waals surface area (Å²) in [4.78, 5) is 37.6. The largest absolute Gasteiger partial charge is 0.472 e. The van der Waals surface area contributed by atoms with Crippen LogP contribution in [0.5, 0.6) is 0 Å². The summed E-state index contributed by atoms with van der Waals surface area (Å²) in [5.41, 5.74) is 0. The molecule has 3 atom stereocenters. The van der Waals surface area contributed by atoms with Crippen molar-refractivity contribution in [3.8, 4) is 0 Å². The fraction of sp³-hybridized carbons (Fsp3) is 0.803. The standard InChI is InChI=1S/C61H113N2O7P/c1-7-10-13-16-19-22-25-27-29-30-31-32-34-35-38-41-44-47-50-53-60(64)62-58(57-69-71(66,67)68-56-55-63(4,5)6)59(52-49-46-43-40-37-24-21-18-15-12-9-3)70-61(65)54-51-48-45-42-39-36-33-28-26-23-20-17-14-11-8-2/h19,22,27,29,31-32,35,38,49,52,58-59H,7-18,20-21,23-26,28,30,33-34,36-37,39-48,50-51,53-57H2,1-6H3,(H-,62,64,66,67)/p+1/b22-19-,29-27-,32-31-,38-35-,52-49+. The summed E-state index contributed by atoms with van der Waals surface area (Å²) in [5.74, 6) is -0.536. The van der Waals surface area contributed by atoms with E-state index < -0.39 is 20.0 Å². The van der Waals surface area contributed by atoms with Crippen LogP contribution >= 0.6 is 7.82 Å². The predicted molar refractivity (Wildman–Crippen MR) is 305 cm³/mol. The number of nitrogens with zero attached hydrogens (tertiary/aromatic N) is 1. The van der Waals surface area contributed by atoms with Gasteiger partial charge in [0.25, 0.3) is 0 Å². The molecule has 0 aromatic rings. The maximum atomic E-state index is 13.5. The molecule has 0 saturated heterocycles. The van der Waals surface area contributed by atoms with E-state index in [0.717, 1.165) is 77.0 Å². The highest BCUT2D eigenvalue weighted by Gasteiger charge is 2.30. The molecule has 0 aliphatic carbocycles. The third kappa shape index (κ3) is 52.4. The van der Waals surface area contributed by atoms with E-state index in [0.29, 0.717) is 23.9 Å². The van der Waals surface area contributed by atoms with E-state index in [1.165, 1.54) is 148 Å². The number of quaternary nitrogens is 1. The van der Waals surface area contributed by atoms with Gasteiger partial charge in [0.1, 0.15) is 19.3 Å². The summed E-state index contributed by atoms with van der Waals surface area (Å²) in [6, 6.07) is -0.863. The van der Waals surface area contributed by atoms with E-state index in [9.17, 15) is 19.0 Å². The molecule has 0 saturated carbocycles. The topological polar surface area (TPSA) is 111 Å². The summed E-state index contributed by atoms with van der Waals surface area (Å²) in [5, 5.41) is 3.03. The van der Waals surface area contributed by atoms with E-state index in [-0.39, 0.29) is 31.5 Å². The van der Waals surface area contributed by atoms with Gasteiger partial charge in [-0.15, -0.1) is 0 Å². The number of unbranched alkanes of at least 4 members (excludes halogenated alkanes) is 29. The Kier molecular flexibility index (Phi) is 49.6. The number of carbonyl (C=O) groups excluding carboxylic acids is 2. The maximum absolute atomic E-state index is 13.5. The van der Waals surface area contributed by atoms with Gasteiger partial charge < -0.3 is 19.4 Å². The Morgan fingerprint density at radius 2 is 0.859 bits per heavy atom. The highest BCUT2D eigenvalue weighted by atomic mass is 31.2. The van der Waals surface area contributed by atoms with Crippen molar-refractivity contribution in [1.29, 1.82) is 0 Å². The number of phosphoric ester groups is 1. The lowest BCUT2D eigenvalue weighted by atomic mass is 10.0. The fourth-order valence-corrected chi connectivity index (χ4v) is 9.07. The Morgan fingerprint density at radius 1 is 0.493 bits per heavy atom. The number of likely N-dealkylation sites (N-methyl/N-ethyl adjacent to an activating group) is 1. The van der Waals surface area contributed by atoms with Gasteiger partial charge in [-0.25, -0.2) is 4.57 Å². The zero-order valence-electron chi connectivity index (χ0n) is 47.2. The average molecular weight is 1020 g/mol. The molecule has 0 aliphatic rings. The first-order chi connectivity index (χ1) is 34.4.